The second-order valence-electron chi connectivity index (χ2n) is 0.791. The van der Waals surface area contributed by atoms with E-state index in [-0.39, 0.29) is 0 Å². The van der Waals surface area contributed by atoms with Crippen LogP contribution in [0.1, 0.15) is 0 Å². The Morgan fingerprint density at radius 2 is 1.86 bits per heavy atom. The largest absolute Gasteiger partial charge is 0.309 e. The van der Waals surface area contributed by atoms with Crippen LogP contribution in [0.2, 0.25) is 0 Å². The van der Waals surface area contributed by atoms with Gasteiger partial charge in [0.2, 0.25) is 0 Å². The minimum Gasteiger partial charge on any atom is -0.309 e. The summed E-state index contributed by atoms with van der Waals surface area (Å²) in [5.74, 6) is 0. The van der Waals surface area contributed by atoms with E-state index in [1.54, 1.807) is 0 Å². The summed E-state index contributed by atoms with van der Waals surface area (Å²) < 4.78 is 0. The number of hydrogen-bond acceptors (Lipinski definition) is 5. The number of nitrogens with one attached hydrogen (secondary N) is 1. The fourth-order valence-electron chi connectivity index (χ4n) is 0.0801. The second-order valence-corrected chi connectivity index (χ2v) is 0.791. The molecule has 7 heavy (non-hydrogen) atoms. The molecule has 5 heteroatoms. The molecule has 0 saturated carbocycles. The maximum absolute atomic E-state index is 9.27. The van der Waals surface area contributed by atoms with Crippen LogP contribution in [-0.4, -0.2) is 12.4 Å². The van der Waals surface area contributed by atoms with Crippen molar-refractivity contribution in [3.63, 3.8) is 0 Å². The van der Waals surface area contributed by atoms with Crippen molar-refractivity contribution in [3.8, 4) is 0 Å². The molecule has 38 valence electrons. The van der Waals surface area contributed by atoms with Gasteiger partial charge in [0.1, 0.15) is 0 Å². The van der Waals surface area contributed by atoms with Crippen LogP contribution in [0.25, 0.3) is 0 Å². The van der Waals surface area contributed by atoms with E-state index in [2.05, 4.69) is 10.4 Å². The molecule has 0 radical (unpaired) electrons. The fourth-order valence-corrected chi connectivity index (χ4v) is 0.0801. The summed E-state index contributed by atoms with van der Waals surface area (Å²) in [5.41, 5.74) is 0. The predicted molar refractivity (Wildman–Crippen MR) is 24.2 cm³/mol. The lowest BCUT2D eigenvalue weighted by molar-refractivity contribution is 0.917. The Kier molecular flexibility index (Phi) is 2.58. The SMILES string of the molecule is N=CC(N=O)N=O. The van der Waals surface area contributed by atoms with Crippen molar-refractivity contribution in [2.45, 2.75) is 6.17 Å². The normalized spacial score (nSPS) is 8.14. The van der Waals surface area contributed by atoms with Crippen LogP contribution < -0.4 is 0 Å². The lowest BCUT2D eigenvalue weighted by atomic mass is 10.6. The quantitative estimate of drug-likeness (QED) is 0.414. The standard InChI is InChI=1S/C2H3N3O2/c3-1-2(4-6)5-7/h1-3H. The minimum atomic E-state index is -1.33. The summed E-state index contributed by atoms with van der Waals surface area (Å²) in [4.78, 5) is 18.5. The van der Waals surface area contributed by atoms with E-state index in [9.17, 15) is 9.81 Å². The van der Waals surface area contributed by atoms with E-state index in [1.165, 1.54) is 0 Å². The summed E-state index contributed by atoms with van der Waals surface area (Å²) in [7, 11) is 0. The zero-order chi connectivity index (χ0) is 5.70. The number of nitroso groups, excluding NO2 is 2. The molecule has 0 aromatic rings. The summed E-state index contributed by atoms with van der Waals surface area (Å²) >= 11 is 0. The van der Waals surface area contributed by atoms with Gasteiger partial charge in [-0.25, -0.2) is 0 Å². The third-order valence-corrected chi connectivity index (χ3v) is 0.365. The Morgan fingerprint density at radius 1 is 1.43 bits per heavy atom. The van der Waals surface area contributed by atoms with Crippen LogP contribution in [0.15, 0.2) is 10.4 Å². The summed E-state index contributed by atoms with van der Waals surface area (Å²) in [6.07, 6.45) is -0.764. The maximum Gasteiger partial charge on any atom is 0.256 e. The highest BCUT2D eigenvalue weighted by molar-refractivity contribution is 5.60. The molecule has 0 fully saturated rings. The van der Waals surface area contributed by atoms with E-state index >= 15 is 0 Å². The lowest BCUT2D eigenvalue weighted by Crippen LogP contribution is -1.96. The fraction of sp³-hybridized carbons (Fsp3) is 0.500. The summed E-state index contributed by atoms with van der Waals surface area (Å²) in [5, 5.41) is 10.6. The van der Waals surface area contributed by atoms with Gasteiger partial charge in [-0.2, -0.15) is 0 Å². The number of hydrogen-bond donors (Lipinski definition) is 1. The highest BCUT2D eigenvalue weighted by Crippen LogP contribution is 1.82. The van der Waals surface area contributed by atoms with Crippen LogP contribution in [0.4, 0.5) is 0 Å². The third-order valence-electron chi connectivity index (χ3n) is 0.365. The maximum atomic E-state index is 9.27. The van der Waals surface area contributed by atoms with Crippen molar-refractivity contribution >= 4 is 6.21 Å². The molecule has 5 nitrogen and oxygen atoms in total. The Labute approximate surface area is 39.2 Å². The first kappa shape index (κ1) is 5.87. The minimum absolute atomic E-state index is 0.569. The zero-order valence-corrected chi connectivity index (χ0v) is 3.37. The smallest absolute Gasteiger partial charge is 0.256 e. The molecule has 0 aliphatic heterocycles. The number of rotatable bonds is 3. The number of nitrogens with zero attached hydrogens (tertiary/aromatic N) is 2. The summed E-state index contributed by atoms with van der Waals surface area (Å²) in [6, 6.07) is 0. The Bertz CT molecular complexity index is 71.9. The molecular weight excluding hydrogens is 98.0 g/mol. The van der Waals surface area contributed by atoms with E-state index in [1.807, 2.05) is 0 Å². The molecule has 0 saturated heterocycles. The van der Waals surface area contributed by atoms with Crippen molar-refractivity contribution in [1.82, 2.24) is 0 Å². The summed E-state index contributed by atoms with van der Waals surface area (Å²) in [6.45, 7) is 0. The van der Waals surface area contributed by atoms with Crippen molar-refractivity contribution < 1.29 is 0 Å². The zero-order valence-electron chi connectivity index (χ0n) is 3.37. The van der Waals surface area contributed by atoms with Gasteiger partial charge in [-0.05, 0) is 10.4 Å². The molecule has 0 amide bonds. The molecule has 0 spiro atoms. The van der Waals surface area contributed by atoms with Crippen LogP contribution in [-0.2, 0) is 0 Å². The van der Waals surface area contributed by atoms with E-state index in [4.69, 9.17) is 5.41 Å². The molecule has 0 aromatic heterocycles. The molecule has 0 unspecified atom stereocenters. The van der Waals surface area contributed by atoms with Gasteiger partial charge in [0.05, 0.1) is 0 Å². The van der Waals surface area contributed by atoms with E-state index in [0.29, 0.717) is 6.21 Å². The molecule has 0 aliphatic rings. The Morgan fingerprint density at radius 3 is 1.86 bits per heavy atom. The van der Waals surface area contributed by atoms with Gasteiger partial charge in [-0.3, -0.25) is 0 Å². The molecule has 0 atom stereocenters. The second kappa shape index (κ2) is 3.08. The molecule has 0 heterocycles. The van der Waals surface area contributed by atoms with Crippen LogP contribution >= 0.6 is 0 Å². The topological polar surface area (TPSA) is 82.7 Å². The molecular formula is C2H3N3O2. The van der Waals surface area contributed by atoms with Crippen molar-refractivity contribution in [1.29, 1.82) is 5.41 Å². The van der Waals surface area contributed by atoms with Gasteiger partial charge in [0.25, 0.3) is 6.17 Å². The lowest BCUT2D eigenvalue weighted by Gasteiger charge is -1.79. The van der Waals surface area contributed by atoms with Gasteiger partial charge < -0.3 is 5.41 Å². The first-order chi connectivity index (χ1) is 3.35. The monoisotopic (exact) mass is 101 g/mol. The highest BCUT2D eigenvalue weighted by Gasteiger charge is 1.98. The van der Waals surface area contributed by atoms with Gasteiger partial charge in [0.15, 0.2) is 0 Å². The average molecular weight is 101 g/mol. The average Bonchev–Trinajstić information content (AvgIpc) is 1.72. The van der Waals surface area contributed by atoms with Gasteiger partial charge >= 0.3 is 0 Å². The highest BCUT2D eigenvalue weighted by atomic mass is 16.3. The third kappa shape index (κ3) is 1.69. The predicted octanol–water partition coefficient (Wildman–Crippen LogP) is 0.495. The van der Waals surface area contributed by atoms with Crippen molar-refractivity contribution in [3.05, 3.63) is 9.81 Å². The molecule has 1 N–H and O–H groups in total. The first-order valence-electron chi connectivity index (χ1n) is 1.50. The van der Waals surface area contributed by atoms with Crippen molar-refractivity contribution in [2.75, 3.05) is 0 Å². The Hall–Kier alpha value is -1.13. The van der Waals surface area contributed by atoms with Gasteiger partial charge in [-0.15, -0.1) is 9.81 Å². The van der Waals surface area contributed by atoms with Crippen LogP contribution in [0.3, 0.4) is 0 Å². The van der Waals surface area contributed by atoms with Gasteiger partial charge in [-0.1, -0.05) is 0 Å². The van der Waals surface area contributed by atoms with E-state index in [0.717, 1.165) is 0 Å². The Balaban J connectivity index is 3.57. The first-order valence-corrected chi connectivity index (χ1v) is 1.50. The van der Waals surface area contributed by atoms with Crippen LogP contribution in [0, 0.1) is 15.2 Å². The van der Waals surface area contributed by atoms with E-state index < -0.39 is 6.17 Å². The molecule has 0 bridgehead atoms. The van der Waals surface area contributed by atoms with Crippen molar-refractivity contribution in [2.24, 2.45) is 10.4 Å². The van der Waals surface area contributed by atoms with Gasteiger partial charge in [0, 0.05) is 6.21 Å². The molecule has 0 aromatic carbocycles. The molecule has 0 aliphatic carbocycles. The molecule has 0 rings (SSSR count). The van der Waals surface area contributed by atoms with Crippen LogP contribution in [0.5, 0.6) is 0 Å².